The van der Waals surface area contributed by atoms with Gasteiger partial charge in [-0.15, -0.1) is 11.3 Å². The third kappa shape index (κ3) is 2.42. The van der Waals surface area contributed by atoms with Crippen molar-refractivity contribution in [3.8, 4) is 11.1 Å². The van der Waals surface area contributed by atoms with Crippen LogP contribution in [0.25, 0.3) is 21.2 Å². The Morgan fingerprint density at radius 2 is 2.09 bits per heavy atom. The van der Waals surface area contributed by atoms with Crippen molar-refractivity contribution in [2.75, 3.05) is 0 Å². The van der Waals surface area contributed by atoms with E-state index in [0.717, 1.165) is 27.8 Å². The zero-order valence-corrected chi connectivity index (χ0v) is 12.6. The van der Waals surface area contributed by atoms with E-state index in [1.54, 1.807) is 23.6 Å². The van der Waals surface area contributed by atoms with Crippen LogP contribution in [0.4, 0.5) is 4.39 Å². The Bertz CT molecular complexity index is 925. The molecule has 108 valence electrons. The molecule has 0 aliphatic rings. The van der Waals surface area contributed by atoms with Gasteiger partial charge in [0.25, 0.3) is 0 Å². The van der Waals surface area contributed by atoms with Gasteiger partial charge in [-0.05, 0) is 40.8 Å². The first-order chi connectivity index (χ1) is 10.8. The highest BCUT2D eigenvalue weighted by atomic mass is 32.1. The lowest BCUT2D eigenvalue weighted by Crippen LogP contribution is -1.96. The van der Waals surface area contributed by atoms with Crippen LogP contribution in [0.3, 0.4) is 0 Å². The maximum Gasteiger partial charge on any atom is 0.123 e. The van der Waals surface area contributed by atoms with Gasteiger partial charge in [0.05, 0.1) is 6.33 Å². The molecule has 0 spiro atoms. The van der Waals surface area contributed by atoms with Gasteiger partial charge in [0.15, 0.2) is 0 Å². The third-order valence-electron chi connectivity index (χ3n) is 3.70. The maximum atomic E-state index is 13.5. The zero-order valence-electron chi connectivity index (χ0n) is 11.7. The summed E-state index contributed by atoms with van der Waals surface area (Å²) in [5.74, 6) is -0.193. The minimum absolute atomic E-state index is 0.193. The number of fused-ring (bicyclic) bond motifs is 1. The maximum absolute atomic E-state index is 13.5. The van der Waals surface area contributed by atoms with Crippen molar-refractivity contribution in [1.82, 2.24) is 9.55 Å². The van der Waals surface area contributed by atoms with E-state index in [0.29, 0.717) is 0 Å². The standard InChI is InChI=1S/C18H13FN2S/c19-15-4-5-18-16(9-15)17(11-22-18)14-3-1-2-13(8-14)10-21-7-6-20-12-21/h1-9,11-12H,10H2. The molecule has 0 radical (unpaired) electrons. The summed E-state index contributed by atoms with van der Waals surface area (Å²) >= 11 is 1.65. The minimum Gasteiger partial charge on any atom is -0.333 e. The van der Waals surface area contributed by atoms with Gasteiger partial charge in [0.2, 0.25) is 0 Å². The fraction of sp³-hybridized carbons (Fsp3) is 0.0556. The van der Waals surface area contributed by atoms with Crippen molar-refractivity contribution in [1.29, 1.82) is 0 Å². The molecule has 2 aromatic carbocycles. The highest BCUT2D eigenvalue weighted by Crippen LogP contribution is 2.34. The fourth-order valence-electron chi connectivity index (χ4n) is 2.65. The van der Waals surface area contributed by atoms with Crippen LogP contribution in [0.1, 0.15) is 5.56 Å². The minimum atomic E-state index is -0.193. The second kappa shape index (κ2) is 5.39. The number of benzene rings is 2. The summed E-state index contributed by atoms with van der Waals surface area (Å²) in [7, 11) is 0. The molecule has 22 heavy (non-hydrogen) atoms. The van der Waals surface area contributed by atoms with Crippen molar-refractivity contribution < 1.29 is 4.39 Å². The Labute approximate surface area is 131 Å². The number of nitrogens with zero attached hydrogens (tertiary/aromatic N) is 2. The number of imidazole rings is 1. The third-order valence-corrected chi connectivity index (χ3v) is 4.66. The predicted octanol–water partition coefficient (Wildman–Crippen LogP) is 4.95. The summed E-state index contributed by atoms with van der Waals surface area (Å²) in [5.41, 5.74) is 3.41. The molecule has 4 aromatic rings. The summed E-state index contributed by atoms with van der Waals surface area (Å²) in [6.45, 7) is 0.782. The van der Waals surface area contributed by atoms with Crippen LogP contribution in [0.15, 0.2) is 66.6 Å². The fourth-order valence-corrected chi connectivity index (χ4v) is 3.60. The SMILES string of the molecule is Fc1ccc2scc(-c3cccc(Cn4ccnc4)c3)c2c1. The molecule has 2 aromatic heterocycles. The Hall–Kier alpha value is -2.46. The van der Waals surface area contributed by atoms with Gasteiger partial charge in [0.1, 0.15) is 5.82 Å². The topological polar surface area (TPSA) is 17.8 Å². The molecule has 0 aliphatic carbocycles. The van der Waals surface area contributed by atoms with E-state index >= 15 is 0 Å². The molecule has 4 rings (SSSR count). The van der Waals surface area contributed by atoms with Gasteiger partial charge >= 0.3 is 0 Å². The number of halogens is 1. The molecular formula is C18H13FN2S. The van der Waals surface area contributed by atoms with Crippen molar-refractivity contribution in [2.24, 2.45) is 0 Å². The Balaban J connectivity index is 1.76. The van der Waals surface area contributed by atoms with Gasteiger partial charge in [-0.3, -0.25) is 0 Å². The van der Waals surface area contributed by atoms with Crippen molar-refractivity contribution >= 4 is 21.4 Å². The first kappa shape index (κ1) is 13.2. The summed E-state index contributed by atoms with van der Waals surface area (Å²) in [6, 6.07) is 13.3. The van der Waals surface area contributed by atoms with E-state index in [2.05, 4.69) is 28.6 Å². The lowest BCUT2D eigenvalue weighted by molar-refractivity contribution is 0.630. The summed E-state index contributed by atoms with van der Waals surface area (Å²) in [5, 5.41) is 3.07. The van der Waals surface area contributed by atoms with Crippen LogP contribution in [-0.2, 0) is 6.54 Å². The largest absolute Gasteiger partial charge is 0.333 e. The quantitative estimate of drug-likeness (QED) is 0.523. The van der Waals surface area contributed by atoms with E-state index in [4.69, 9.17) is 0 Å². The molecule has 0 unspecified atom stereocenters. The van der Waals surface area contributed by atoms with Gasteiger partial charge in [-0.2, -0.15) is 0 Å². The van der Waals surface area contributed by atoms with Crippen LogP contribution < -0.4 is 0 Å². The van der Waals surface area contributed by atoms with Crippen LogP contribution in [0.5, 0.6) is 0 Å². The molecule has 0 fully saturated rings. The highest BCUT2D eigenvalue weighted by molar-refractivity contribution is 7.17. The average molecular weight is 308 g/mol. The summed E-state index contributed by atoms with van der Waals surface area (Å²) in [4.78, 5) is 4.06. The molecule has 2 nitrogen and oxygen atoms in total. The van der Waals surface area contributed by atoms with Crippen molar-refractivity contribution in [3.05, 3.63) is 77.9 Å². The van der Waals surface area contributed by atoms with Crippen LogP contribution in [0, 0.1) is 5.82 Å². The second-order valence-electron chi connectivity index (χ2n) is 5.23. The molecule has 0 amide bonds. The van der Waals surface area contributed by atoms with E-state index < -0.39 is 0 Å². The Kier molecular flexibility index (Phi) is 3.24. The molecule has 2 heterocycles. The molecule has 0 bridgehead atoms. The molecule has 0 N–H and O–H groups in total. The van der Waals surface area contributed by atoms with Crippen molar-refractivity contribution in [3.63, 3.8) is 0 Å². The van der Waals surface area contributed by atoms with E-state index in [-0.39, 0.29) is 5.82 Å². The average Bonchev–Trinajstić information content (AvgIpc) is 3.16. The number of thiophene rings is 1. The number of hydrogen-bond acceptors (Lipinski definition) is 2. The van der Waals surface area contributed by atoms with Crippen LogP contribution >= 0.6 is 11.3 Å². The van der Waals surface area contributed by atoms with Gasteiger partial charge < -0.3 is 4.57 Å². The monoisotopic (exact) mass is 308 g/mol. The summed E-state index contributed by atoms with van der Waals surface area (Å²) < 4.78 is 16.7. The first-order valence-electron chi connectivity index (χ1n) is 7.01. The first-order valence-corrected chi connectivity index (χ1v) is 7.89. The zero-order chi connectivity index (χ0) is 14.9. The normalized spacial score (nSPS) is 11.1. The Morgan fingerprint density at radius 1 is 1.14 bits per heavy atom. The second-order valence-corrected chi connectivity index (χ2v) is 6.14. The summed E-state index contributed by atoms with van der Waals surface area (Å²) in [6.07, 6.45) is 5.53. The van der Waals surface area contributed by atoms with Crippen molar-refractivity contribution in [2.45, 2.75) is 6.54 Å². The molecule has 0 saturated carbocycles. The number of rotatable bonds is 3. The molecular weight excluding hydrogens is 295 g/mol. The highest BCUT2D eigenvalue weighted by Gasteiger charge is 2.08. The van der Waals surface area contributed by atoms with Crippen LogP contribution in [0.2, 0.25) is 0 Å². The number of aromatic nitrogens is 2. The van der Waals surface area contributed by atoms with Gasteiger partial charge in [-0.1, -0.05) is 18.2 Å². The van der Waals surface area contributed by atoms with Gasteiger partial charge in [-0.25, -0.2) is 9.37 Å². The predicted molar refractivity (Wildman–Crippen MR) is 88.5 cm³/mol. The van der Waals surface area contributed by atoms with E-state index in [1.807, 2.05) is 29.2 Å². The smallest absolute Gasteiger partial charge is 0.123 e. The number of hydrogen-bond donors (Lipinski definition) is 0. The molecule has 4 heteroatoms. The molecule has 0 atom stereocenters. The molecule has 0 aliphatic heterocycles. The van der Waals surface area contributed by atoms with E-state index in [1.165, 1.54) is 11.6 Å². The van der Waals surface area contributed by atoms with Crippen LogP contribution in [-0.4, -0.2) is 9.55 Å². The lowest BCUT2D eigenvalue weighted by Gasteiger charge is -2.06. The van der Waals surface area contributed by atoms with E-state index in [9.17, 15) is 4.39 Å². The Morgan fingerprint density at radius 3 is 2.95 bits per heavy atom. The molecule has 0 saturated heterocycles. The lowest BCUT2D eigenvalue weighted by atomic mass is 10.0. The van der Waals surface area contributed by atoms with Gasteiger partial charge in [0, 0.05) is 34.6 Å².